The lowest BCUT2D eigenvalue weighted by Gasteiger charge is -2.05. The zero-order valence-electron chi connectivity index (χ0n) is 13.7. The van der Waals surface area contributed by atoms with Crippen molar-refractivity contribution in [2.45, 2.75) is 13.8 Å². The summed E-state index contributed by atoms with van der Waals surface area (Å²) in [5, 5.41) is 8.38. The number of aromatic nitrogens is 4. The smallest absolute Gasteiger partial charge is 0.273 e. The zero-order chi connectivity index (χ0) is 17.6. The third kappa shape index (κ3) is 2.94. The zero-order valence-corrected chi connectivity index (χ0v) is 14.5. The lowest BCUT2D eigenvalue weighted by molar-refractivity contribution is 0.993. The topological polar surface area (TPSA) is 74.4 Å². The Morgan fingerprint density at radius 2 is 1.76 bits per heavy atom. The summed E-state index contributed by atoms with van der Waals surface area (Å²) < 4.78 is 0. The monoisotopic (exact) mass is 350 g/mol. The van der Waals surface area contributed by atoms with Crippen molar-refractivity contribution in [3.8, 4) is 22.5 Å². The molecule has 0 fully saturated rings. The average molecular weight is 351 g/mol. The van der Waals surface area contributed by atoms with Crippen LogP contribution in [0.1, 0.15) is 11.4 Å². The number of benzene rings is 1. The molecule has 0 radical (unpaired) electrons. The van der Waals surface area contributed by atoms with E-state index in [1.54, 1.807) is 6.07 Å². The lowest BCUT2D eigenvalue weighted by Crippen LogP contribution is -2.11. The third-order valence-electron chi connectivity index (χ3n) is 4.05. The maximum absolute atomic E-state index is 12.3. The Morgan fingerprint density at radius 1 is 1.00 bits per heavy atom. The molecule has 0 atom stereocenters. The number of aromatic amines is 2. The first-order valence-corrected chi connectivity index (χ1v) is 8.21. The molecule has 4 rings (SSSR count). The van der Waals surface area contributed by atoms with E-state index >= 15 is 0 Å². The van der Waals surface area contributed by atoms with E-state index in [9.17, 15) is 4.79 Å². The lowest BCUT2D eigenvalue weighted by atomic mass is 10.1. The highest BCUT2D eigenvalue weighted by Crippen LogP contribution is 2.26. The number of hydrogen-bond acceptors (Lipinski definition) is 3. The molecule has 5 nitrogen and oxygen atoms in total. The van der Waals surface area contributed by atoms with Gasteiger partial charge in [0.25, 0.3) is 5.56 Å². The van der Waals surface area contributed by atoms with E-state index in [2.05, 4.69) is 20.2 Å². The van der Waals surface area contributed by atoms with Crippen LogP contribution in [0.2, 0.25) is 5.02 Å². The van der Waals surface area contributed by atoms with E-state index in [0.717, 1.165) is 33.5 Å². The number of aryl methyl sites for hydroxylation is 2. The molecule has 0 aliphatic carbocycles. The van der Waals surface area contributed by atoms with Gasteiger partial charge in [0, 0.05) is 32.9 Å². The first-order valence-electron chi connectivity index (χ1n) is 7.83. The molecule has 4 aromatic rings. The van der Waals surface area contributed by atoms with Gasteiger partial charge in [0.1, 0.15) is 0 Å². The number of hydrogen-bond donors (Lipinski definition) is 2. The summed E-state index contributed by atoms with van der Waals surface area (Å²) in [5.41, 5.74) is 5.36. The average Bonchev–Trinajstić information content (AvgIpc) is 2.97. The largest absolute Gasteiger partial charge is 0.354 e. The summed E-state index contributed by atoms with van der Waals surface area (Å²) in [4.78, 5) is 19.9. The minimum Gasteiger partial charge on any atom is -0.354 e. The Morgan fingerprint density at radius 3 is 2.52 bits per heavy atom. The van der Waals surface area contributed by atoms with E-state index in [1.807, 2.05) is 50.2 Å². The van der Waals surface area contributed by atoms with Crippen LogP contribution in [-0.4, -0.2) is 20.2 Å². The molecule has 0 saturated carbocycles. The first kappa shape index (κ1) is 15.6. The SMILES string of the molecule is Cc1cc(-c2cc(-c3cc4cc(Cl)ccc4[nH]3)c(=O)[nH]n2)cc(C)n1. The molecule has 0 spiro atoms. The molecular weight excluding hydrogens is 336 g/mol. The summed E-state index contributed by atoms with van der Waals surface area (Å²) in [6.45, 7) is 3.87. The van der Waals surface area contributed by atoms with E-state index < -0.39 is 0 Å². The van der Waals surface area contributed by atoms with Crippen LogP contribution in [0, 0.1) is 13.8 Å². The van der Waals surface area contributed by atoms with Gasteiger partial charge < -0.3 is 4.98 Å². The Balaban J connectivity index is 1.88. The van der Waals surface area contributed by atoms with Crippen molar-refractivity contribution in [2.75, 3.05) is 0 Å². The van der Waals surface area contributed by atoms with Crippen LogP contribution < -0.4 is 5.56 Å². The van der Waals surface area contributed by atoms with Crippen LogP contribution in [0.25, 0.3) is 33.4 Å². The summed E-state index contributed by atoms with van der Waals surface area (Å²) >= 11 is 6.04. The second kappa shape index (κ2) is 5.86. The Bertz CT molecular complexity index is 1140. The van der Waals surface area contributed by atoms with Gasteiger partial charge in [0.2, 0.25) is 0 Å². The highest BCUT2D eigenvalue weighted by molar-refractivity contribution is 6.31. The van der Waals surface area contributed by atoms with Crippen molar-refractivity contribution < 1.29 is 0 Å². The van der Waals surface area contributed by atoms with Gasteiger partial charge in [0.05, 0.1) is 17.0 Å². The number of halogens is 1. The fraction of sp³-hybridized carbons (Fsp3) is 0.105. The van der Waals surface area contributed by atoms with Gasteiger partial charge in [-0.05, 0) is 56.3 Å². The van der Waals surface area contributed by atoms with Gasteiger partial charge in [-0.25, -0.2) is 5.10 Å². The molecule has 3 heterocycles. The van der Waals surface area contributed by atoms with Crippen LogP contribution in [0.5, 0.6) is 0 Å². The predicted octanol–water partition coefficient (Wildman–Crippen LogP) is 4.25. The number of rotatable bonds is 2. The van der Waals surface area contributed by atoms with E-state index in [0.29, 0.717) is 16.3 Å². The second-order valence-corrected chi connectivity index (χ2v) is 6.49. The number of nitrogens with zero attached hydrogens (tertiary/aromatic N) is 2. The summed E-state index contributed by atoms with van der Waals surface area (Å²) in [6, 6.07) is 13.2. The predicted molar refractivity (Wildman–Crippen MR) is 99.9 cm³/mol. The van der Waals surface area contributed by atoms with Crippen LogP contribution in [0.4, 0.5) is 0 Å². The molecule has 0 amide bonds. The van der Waals surface area contributed by atoms with E-state index in [-0.39, 0.29) is 5.56 Å². The normalized spacial score (nSPS) is 11.2. The van der Waals surface area contributed by atoms with Gasteiger partial charge >= 0.3 is 0 Å². The molecule has 124 valence electrons. The fourth-order valence-electron chi connectivity index (χ4n) is 2.98. The van der Waals surface area contributed by atoms with Crippen molar-refractivity contribution >= 4 is 22.5 Å². The molecule has 25 heavy (non-hydrogen) atoms. The van der Waals surface area contributed by atoms with Crippen LogP contribution >= 0.6 is 11.6 Å². The van der Waals surface area contributed by atoms with Crippen LogP contribution in [0.15, 0.2) is 47.3 Å². The number of fused-ring (bicyclic) bond motifs is 1. The maximum Gasteiger partial charge on any atom is 0.273 e. The minimum atomic E-state index is -0.246. The Labute approximate surface area is 148 Å². The molecule has 1 aromatic carbocycles. The van der Waals surface area contributed by atoms with Gasteiger partial charge in [-0.3, -0.25) is 9.78 Å². The van der Waals surface area contributed by atoms with Gasteiger partial charge in [-0.1, -0.05) is 11.6 Å². The van der Waals surface area contributed by atoms with Crippen molar-refractivity contribution in [3.05, 3.63) is 69.2 Å². The van der Waals surface area contributed by atoms with Crippen LogP contribution in [0.3, 0.4) is 0 Å². The molecular formula is C19H15ClN4O. The van der Waals surface area contributed by atoms with E-state index in [1.165, 1.54) is 0 Å². The van der Waals surface area contributed by atoms with Gasteiger partial charge in [-0.2, -0.15) is 5.10 Å². The highest BCUT2D eigenvalue weighted by Gasteiger charge is 2.11. The van der Waals surface area contributed by atoms with Gasteiger partial charge in [0.15, 0.2) is 0 Å². The van der Waals surface area contributed by atoms with Crippen molar-refractivity contribution in [2.24, 2.45) is 0 Å². The quantitative estimate of drug-likeness (QED) is 0.567. The van der Waals surface area contributed by atoms with Crippen molar-refractivity contribution in [3.63, 3.8) is 0 Å². The third-order valence-corrected chi connectivity index (χ3v) is 4.29. The number of H-pyrrole nitrogens is 2. The molecule has 6 heteroatoms. The molecule has 0 saturated heterocycles. The Kier molecular flexibility index (Phi) is 3.66. The summed E-state index contributed by atoms with van der Waals surface area (Å²) in [7, 11) is 0. The number of pyridine rings is 1. The molecule has 3 aromatic heterocycles. The minimum absolute atomic E-state index is 0.246. The summed E-state index contributed by atoms with van der Waals surface area (Å²) in [6.07, 6.45) is 0. The maximum atomic E-state index is 12.3. The highest BCUT2D eigenvalue weighted by atomic mass is 35.5. The van der Waals surface area contributed by atoms with E-state index in [4.69, 9.17) is 11.6 Å². The number of nitrogens with one attached hydrogen (secondary N) is 2. The standard InChI is InChI=1S/C19H15ClN4O/c1-10-5-12(6-11(2)21-10)17-9-15(19(25)24-23-17)18-8-13-7-14(20)3-4-16(13)22-18/h3-9,22H,1-2H3,(H,24,25). The Hall–Kier alpha value is -2.92. The second-order valence-electron chi connectivity index (χ2n) is 6.05. The molecule has 0 aliphatic heterocycles. The van der Waals surface area contributed by atoms with Gasteiger partial charge in [-0.15, -0.1) is 0 Å². The molecule has 0 unspecified atom stereocenters. The molecule has 0 bridgehead atoms. The first-order chi connectivity index (χ1) is 12.0. The fourth-order valence-corrected chi connectivity index (χ4v) is 3.17. The molecule has 0 aliphatic rings. The van der Waals surface area contributed by atoms with Crippen LogP contribution in [-0.2, 0) is 0 Å². The molecule has 2 N–H and O–H groups in total. The summed E-state index contributed by atoms with van der Waals surface area (Å²) in [5.74, 6) is 0. The van der Waals surface area contributed by atoms with Crippen molar-refractivity contribution in [1.82, 2.24) is 20.2 Å². The van der Waals surface area contributed by atoms with Crippen molar-refractivity contribution in [1.29, 1.82) is 0 Å².